The highest BCUT2D eigenvalue weighted by atomic mass is 16.6. The van der Waals surface area contributed by atoms with E-state index in [9.17, 15) is 9.90 Å². The first kappa shape index (κ1) is 12.0. The van der Waals surface area contributed by atoms with Gasteiger partial charge in [0.25, 0.3) is 0 Å². The Morgan fingerprint density at radius 3 is 2.94 bits per heavy atom. The molecule has 0 amide bonds. The van der Waals surface area contributed by atoms with Crippen molar-refractivity contribution in [2.45, 2.75) is 51.7 Å². The number of ether oxygens (including phenoxy) is 1. The van der Waals surface area contributed by atoms with E-state index in [4.69, 9.17) is 4.74 Å². The normalized spacial score (nSPS) is 43.6. The van der Waals surface area contributed by atoms with E-state index in [0.29, 0.717) is 12.0 Å². The fraction of sp³-hybridized carbons (Fsp3) is 0.667. The number of carbonyl (C=O) groups is 1. The van der Waals surface area contributed by atoms with Gasteiger partial charge >= 0.3 is 5.97 Å². The SMILES string of the molecule is C=C1C(=O)O[C@H]2C3=C(C)CCC[C@]3(C)[C@@H](O)C[C@@H]12. The lowest BCUT2D eigenvalue weighted by Gasteiger charge is -2.48. The Balaban J connectivity index is 2.11. The van der Waals surface area contributed by atoms with Gasteiger partial charge in [0.15, 0.2) is 0 Å². The van der Waals surface area contributed by atoms with Crippen molar-refractivity contribution in [2.24, 2.45) is 11.3 Å². The molecule has 1 saturated heterocycles. The summed E-state index contributed by atoms with van der Waals surface area (Å²) in [4.78, 5) is 11.7. The number of esters is 1. The number of fused-ring (bicyclic) bond motifs is 3. The topological polar surface area (TPSA) is 46.5 Å². The Morgan fingerprint density at radius 2 is 2.22 bits per heavy atom. The second kappa shape index (κ2) is 3.70. The van der Waals surface area contributed by atoms with Crippen molar-refractivity contribution in [1.29, 1.82) is 0 Å². The molecule has 0 aromatic carbocycles. The maximum Gasteiger partial charge on any atom is 0.334 e. The second-order valence-corrected chi connectivity index (χ2v) is 6.17. The van der Waals surface area contributed by atoms with E-state index in [1.165, 1.54) is 11.1 Å². The zero-order valence-electron chi connectivity index (χ0n) is 11.0. The summed E-state index contributed by atoms with van der Waals surface area (Å²) >= 11 is 0. The van der Waals surface area contributed by atoms with Crippen molar-refractivity contribution in [2.75, 3.05) is 0 Å². The summed E-state index contributed by atoms with van der Waals surface area (Å²) in [6.07, 6.45) is 3.17. The first-order valence-electron chi connectivity index (χ1n) is 6.73. The number of allylic oxidation sites excluding steroid dienone is 1. The highest BCUT2D eigenvalue weighted by molar-refractivity contribution is 5.91. The smallest absolute Gasteiger partial charge is 0.334 e. The largest absolute Gasteiger partial charge is 0.454 e. The first-order valence-corrected chi connectivity index (χ1v) is 6.73. The molecule has 0 radical (unpaired) electrons. The molecular weight excluding hydrogens is 228 g/mol. The van der Waals surface area contributed by atoms with Crippen molar-refractivity contribution in [1.82, 2.24) is 0 Å². The molecule has 0 spiro atoms. The lowest BCUT2D eigenvalue weighted by atomic mass is 9.58. The van der Waals surface area contributed by atoms with Crippen molar-refractivity contribution in [3.63, 3.8) is 0 Å². The molecule has 1 saturated carbocycles. The van der Waals surface area contributed by atoms with E-state index >= 15 is 0 Å². The molecule has 2 fully saturated rings. The summed E-state index contributed by atoms with van der Waals surface area (Å²) in [6, 6.07) is 0. The second-order valence-electron chi connectivity index (χ2n) is 6.17. The lowest BCUT2D eigenvalue weighted by molar-refractivity contribution is -0.139. The Kier molecular flexibility index (Phi) is 2.46. The van der Waals surface area contributed by atoms with E-state index in [0.717, 1.165) is 19.3 Å². The molecule has 98 valence electrons. The molecule has 3 rings (SSSR count). The number of aliphatic hydroxyl groups excluding tert-OH is 1. The molecule has 1 heterocycles. The van der Waals surface area contributed by atoms with Crippen molar-refractivity contribution in [3.05, 3.63) is 23.3 Å². The average Bonchev–Trinajstić information content (AvgIpc) is 2.57. The van der Waals surface area contributed by atoms with Gasteiger partial charge in [0, 0.05) is 16.9 Å². The van der Waals surface area contributed by atoms with E-state index in [1.54, 1.807) is 0 Å². The van der Waals surface area contributed by atoms with Crippen LogP contribution in [0.4, 0.5) is 0 Å². The molecule has 4 atom stereocenters. The number of rotatable bonds is 0. The summed E-state index contributed by atoms with van der Waals surface area (Å²) < 4.78 is 5.52. The van der Waals surface area contributed by atoms with Crippen LogP contribution in [-0.2, 0) is 9.53 Å². The van der Waals surface area contributed by atoms with Crippen LogP contribution in [-0.4, -0.2) is 23.3 Å². The Bertz CT molecular complexity index is 462. The molecule has 0 aromatic heterocycles. The van der Waals surface area contributed by atoms with E-state index < -0.39 is 6.10 Å². The predicted molar refractivity (Wildman–Crippen MR) is 67.8 cm³/mol. The van der Waals surface area contributed by atoms with Crippen LogP contribution in [0.3, 0.4) is 0 Å². The third-order valence-electron chi connectivity index (χ3n) is 5.13. The molecule has 1 aliphatic heterocycles. The Labute approximate surface area is 108 Å². The van der Waals surface area contributed by atoms with Gasteiger partial charge in [-0.3, -0.25) is 0 Å². The average molecular weight is 248 g/mol. The monoisotopic (exact) mass is 248 g/mol. The number of carbonyl (C=O) groups excluding carboxylic acids is 1. The molecule has 0 unspecified atom stereocenters. The molecule has 3 heteroatoms. The summed E-state index contributed by atoms with van der Waals surface area (Å²) in [6.45, 7) is 8.05. The maximum atomic E-state index is 11.7. The number of hydrogen-bond donors (Lipinski definition) is 1. The fourth-order valence-corrected chi connectivity index (χ4v) is 4.03. The van der Waals surface area contributed by atoms with E-state index in [-0.39, 0.29) is 23.4 Å². The summed E-state index contributed by atoms with van der Waals surface area (Å²) in [5.74, 6) is -0.309. The molecule has 1 N–H and O–H groups in total. The van der Waals surface area contributed by atoms with Crippen molar-refractivity contribution < 1.29 is 14.6 Å². The third-order valence-corrected chi connectivity index (χ3v) is 5.13. The first-order chi connectivity index (χ1) is 8.45. The quantitative estimate of drug-likeness (QED) is 0.406. The minimum Gasteiger partial charge on any atom is -0.454 e. The molecular formula is C15H20O3. The van der Waals surface area contributed by atoms with Gasteiger partial charge in [-0.1, -0.05) is 19.1 Å². The Hall–Kier alpha value is -1.09. The summed E-state index contributed by atoms with van der Waals surface area (Å²) in [7, 11) is 0. The zero-order chi connectivity index (χ0) is 13.1. The number of hydrogen-bond acceptors (Lipinski definition) is 3. The van der Waals surface area contributed by atoms with Gasteiger partial charge in [-0.25, -0.2) is 4.79 Å². The van der Waals surface area contributed by atoms with Crippen molar-refractivity contribution >= 4 is 5.97 Å². The highest BCUT2D eigenvalue weighted by Crippen LogP contribution is 2.55. The van der Waals surface area contributed by atoms with Gasteiger partial charge in [-0.05, 0) is 38.2 Å². The third kappa shape index (κ3) is 1.37. The van der Waals surface area contributed by atoms with Gasteiger partial charge in [0.1, 0.15) is 6.10 Å². The van der Waals surface area contributed by atoms with E-state index in [1.807, 2.05) is 0 Å². The van der Waals surface area contributed by atoms with Gasteiger partial charge in [-0.15, -0.1) is 0 Å². The minimum atomic E-state index is -0.393. The fourth-order valence-electron chi connectivity index (χ4n) is 4.03. The van der Waals surface area contributed by atoms with Crippen LogP contribution in [0.25, 0.3) is 0 Å². The van der Waals surface area contributed by atoms with Crippen molar-refractivity contribution in [3.8, 4) is 0 Å². The number of aliphatic hydroxyl groups is 1. The molecule has 0 aromatic rings. The zero-order valence-corrected chi connectivity index (χ0v) is 11.0. The minimum absolute atomic E-state index is 0.0244. The Morgan fingerprint density at radius 1 is 1.50 bits per heavy atom. The molecule has 2 aliphatic carbocycles. The summed E-state index contributed by atoms with van der Waals surface area (Å²) in [5, 5.41) is 10.5. The van der Waals surface area contributed by atoms with Gasteiger partial charge < -0.3 is 9.84 Å². The predicted octanol–water partition coefficient (Wildman–Crippen LogP) is 2.36. The van der Waals surface area contributed by atoms with Gasteiger partial charge in [0.2, 0.25) is 0 Å². The molecule has 18 heavy (non-hydrogen) atoms. The van der Waals surface area contributed by atoms with E-state index in [2.05, 4.69) is 20.4 Å². The molecule has 3 nitrogen and oxygen atoms in total. The maximum absolute atomic E-state index is 11.7. The van der Waals surface area contributed by atoms with Crippen LogP contribution in [0, 0.1) is 11.3 Å². The van der Waals surface area contributed by atoms with Crippen LogP contribution < -0.4 is 0 Å². The standard InChI is InChI=1S/C15H20O3/c1-8-5-4-6-15(3)11(16)7-10-9(2)14(17)18-13(10)12(8)15/h10-11,13,16H,2,4-7H2,1,3H3/t10-,11-,13+,15+/m0/s1. The lowest BCUT2D eigenvalue weighted by Crippen LogP contribution is -2.48. The van der Waals surface area contributed by atoms with Crippen LogP contribution >= 0.6 is 0 Å². The summed E-state index contributed by atoms with van der Waals surface area (Å²) in [5.41, 5.74) is 2.78. The van der Waals surface area contributed by atoms with Gasteiger partial charge in [0.05, 0.1) is 6.10 Å². The molecule has 0 bridgehead atoms. The van der Waals surface area contributed by atoms with Crippen LogP contribution in [0.15, 0.2) is 23.3 Å². The van der Waals surface area contributed by atoms with Crippen LogP contribution in [0.2, 0.25) is 0 Å². The van der Waals surface area contributed by atoms with Gasteiger partial charge in [-0.2, -0.15) is 0 Å². The molecule has 3 aliphatic rings. The van der Waals surface area contributed by atoms with Crippen LogP contribution in [0.1, 0.15) is 39.5 Å². The van der Waals surface area contributed by atoms with Crippen LogP contribution in [0.5, 0.6) is 0 Å². The highest BCUT2D eigenvalue weighted by Gasteiger charge is 2.55.